The van der Waals surface area contributed by atoms with E-state index in [0.29, 0.717) is 11.3 Å². The molecule has 0 unspecified atom stereocenters. The molecule has 1 aliphatic rings. The first-order valence-corrected chi connectivity index (χ1v) is 7.23. The number of aliphatic carboxylic acids is 1. The summed E-state index contributed by atoms with van der Waals surface area (Å²) in [5, 5.41) is 14.6. The maximum absolute atomic E-state index is 12.1. The molecule has 1 fully saturated rings. The lowest BCUT2D eigenvalue weighted by atomic mass is 9.89. The van der Waals surface area contributed by atoms with Gasteiger partial charge in [0.15, 0.2) is 0 Å². The fraction of sp³-hybridized carbons (Fsp3) is 0.438. The van der Waals surface area contributed by atoms with Crippen molar-refractivity contribution in [1.29, 1.82) is 0 Å². The van der Waals surface area contributed by atoms with Crippen molar-refractivity contribution in [3.8, 4) is 0 Å². The van der Waals surface area contributed by atoms with Crippen molar-refractivity contribution in [2.24, 2.45) is 5.41 Å². The summed E-state index contributed by atoms with van der Waals surface area (Å²) in [5.74, 6) is -1.70. The molecule has 1 saturated carbocycles. The average molecular weight is 304 g/mol. The third kappa shape index (κ3) is 4.07. The maximum Gasteiger partial charge on any atom is 0.309 e. The summed E-state index contributed by atoms with van der Waals surface area (Å²) >= 11 is 0. The molecule has 1 aromatic carbocycles. The topological polar surface area (TPSA) is 95.5 Å². The van der Waals surface area contributed by atoms with Gasteiger partial charge in [0.25, 0.3) is 5.91 Å². The van der Waals surface area contributed by atoms with Gasteiger partial charge in [0, 0.05) is 12.5 Å². The summed E-state index contributed by atoms with van der Waals surface area (Å²) < 4.78 is 0. The fourth-order valence-corrected chi connectivity index (χ4v) is 1.95. The molecule has 2 amide bonds. The number of para-hydroxylation sites is 1. The molecule has 0 bridgehead atoms. The van der Waals surface area contributed by atoms with E-state index in [1.54, 1.807) is 24.3 Å². The van der Waals surface area contributed by atoms with Crippen LogP contribution in [0.3, 0.4) is 0 Å². The molecule has 0 spiro atoms. The molecule has 0 aliphatic heterocycles. The zero-order chi connectivity index (χ0) is 16.3. The van der Waals surface area contributed by atoms with Crippen molar-refractivity contribution < 1.29 is 19.5 Å². The number of anilines is 1. The van der Waals surface area contributed by atoms with Gasteiger partial charge < -0.3 is 15.7 Å². The summed E-state index contributed by atoms with van der Waals surface area (Å²) in [6.07, 6.45) is 1.79. The first kappa shape index (κ1) is 16.0. The lowest BCUT2D eigenvalue weighted by molar-refractivity contribution is -0.148. The van der Waals surface area contributed by atoms with Gasteiger partial charge in [0.1, 0.15) is 0 Å². The third-order valence-electron chi connectivity index (χ3n) is 3.54. The van der Waals surface area contributed by atoms with Crippen LogP contribution in [0.1, 0.15) is 43.5 Å². The second kappa shape index (κ2) is 6.17. The minimum Gasteiger partial charge on any atom is -0.481 e. The molecule has 0 atom stereocenters. The van der Waals surface area contributed by atoms with Crippen LogP contribution in [-0.4, -0.2) is 28.9 Å². The van der Waals surface area contributed by atoms with Gasteiger partial charge in [-0.3, -0.25) is 14.4 Å². The minimum atomic E-state index is -1.16. The van der Waals surface area contributed by atoms with Gasteiger partial charge >= 0.3 is 5.97 Å². The lowest BCUT2D eigenvalue weighted by Crippen LogP contribution is -2.31. The van der Waals surface area contributed by atoms with Crippen LogP contribution in [0, 0.1) is 5.41 Å². The number of hydrogen-bond acceptors (Lipinski definition) is 3. The maximum atomic E-state index is 12.1. The van der Waals surface area contributed by atoms with Crippen LogP contribution in [0.15, 0.2) is 24.3 Å². The molecule has 118 valence electrons. The summed E-state index contributed by atoms with van der Waals surface area (Å²) in [4.78, 5) is 35.2. The second-order valence-electron chi connectivity index (χ2n) is 6.21. The molecule has 22 heavy (non-hydrogen) atoms. The largest absolute Gasteiger partial charge is 0.481 e. The summed E-state index contributed by atoms with van der Waals surface area (Å²) in [6, 6.07) is 6.93. The number of carbonyl (C=O) groups is 3. The highest BCUT2D eigenvalue weighted by Gasteiger charge is 2.30. The molecule has 1 aliphatic carbocycles. The van der Waals surface area contributed by atoms with Crippen molar-refractivity contribution >= 4 is 23.5 Å². The Morgan fingerprint density at radius 1 is 1.23 bits per heavy atom. The Bertz CT molecular complexity index is 606. The Morgan fingerprint density at radius 3 is 2.45 bits per heavy atom. The highest BCUT2D eigenvalue weighted by Crippen LogP contribution is 2.24. The first-order valence-electron chi connectivity index (χ1n) is 7.23. The SMILES string of the molecule is CC(C)(CC(=O)Nc1ccccc1C(=O)NC1CC1)C(=O)O. The number of carboxylic acids is 1. The fourth-order valence-electron chi connectivity index (χ4n) is 1.95. The molecule has 0 aromatic heterocycles. The van der Waals surface area contributed by atoms with Crippen LogP contribution in [0.25, 0.3) is 0 Å². The van der Waals surface area contributed by atoms with Crippen molar-refractivity contribution in [3.63, 3.8) is 0 Å². The van der Waals surface area contributed by atoms with E-state index in [9.17, 15) is 14.4 Å². The molecule has 0 heterocycles. The Balaban J connectivity index is 2.07. The molecule has 3 N–H and O–H groups in total. The summed E-state index contributed by atoms with van der Waals surface area (Å²) in [6.45, 7) is 2.97. The molecular weight excluding hydrogens is 284 g/mol. The number of hydrogen-bond donors (Lipinski definition) is 3. The molecule has 0 radical (unpaired) electrons. The van der Waals surface area contributed by atoms with Crippen LogP contribution in [0.5, 0.6) is 0 Å². The van der Waals surface area contributed by atoms with E-state index in [2.05, 4.69) is 10.6 Å². The zero-order valence-electron chi connectivity index (χ0n) is 12.7. The Hall–Kier alpha value is -2.37. The van der Waals surface area contributed by atoms with Gasteiger partial charge in [-0.05, 0) is 38.8 Å². The highest BCUT2D eigenvalue weighted by molar-refractivity contribution is 6.04. The van der Waals surface area contributed by atoms with E-state index in [1.165, 1.54) is 13.8 Å². The number of benzene rings is 1. The van der Waals surface area contributed by atoms with Crippen LogP contribution >= 0.6 is 0 Å². The zero-order valence-corrected chi connectivity index (χ0v) is 12.7. The first-order chi connectivity index (χ1) is 10.3. The van der Waals surface area contributed by atoms with E-state index in [-0.39, 0.29) is 18.4 Å². The molecule has 6 nitrogen and oxygen atoms in total. The van der Waals surface area contributed by atoms with E-state index in [0.717, 1.165) is 12.8 Å². The van der Waals surface area contributed by atoms with Crippen LogP contribution in [0.4, 0.5) is 5.69 Å². The molecule has 6 heteroatoms. The van der Waals surface area contributed by atoms with E-state index in [1.807, 2.05) is 0 Å². The average Bonchev–Trinajstić information content (AvgIpc) is 3.22. The van der Waals surface area contributed by atoms with Crippen molar-refractivity contribution in [1.82, 2.24) is 5.32 Å². The predicted molar refractivity (Wildman–Crippen MR) is 81.6 cm³/mol. The van der Waals surface area contributed by atoms with Gasteiger partial charge in [-0.1, -0.05) is 12.1 Å². The monoisotopic (exact) mass is 304 g/mol. The molecule has 0 saturated heterocycles. The number of rotatable bonds is 6. The summed E-state index contributed by atoms with van der Waals surface area (Å²) in [7, 11) is 0. The van der Waals surface area contributed by atoms with Crippen molar-refractivity contribution in [2.45, 2.75) is 39.2 Å². The van der Waals surface area contributed by atoms with E-state index >= 15 is 0 Å². The van der Waals surface area contributed by atoms with E-state index < -0.39 is 17.3 Å². The van der Waals surface area contributed by atoms with Crippen molar-refractivity contribution in [3.05, 3.63) is 29.8 Å². The smallest absolute Gasteiger partial charge is 0.309 e. The summed E-state index contributed by atoms with van der Waals surface area (Å²) in [5.41, 5.74) is -0.377. The van der Waals surface area contributed by atoms with E-state index in [4.69, 9.17) is 5.11 Å². The Labute approximate surface area is 128 Å². The van der Waals surface area contributed by atoms with Crippen LogP contribution in [0.2, 0.25) is 0 Å². The van der Waals surface area contributed by atoms with Crippen LogP contribution < -0.4 is 10.6 Å². The van der Waals surface area contributed by atoms with Gasteiger partial charge in [0.05, 0.1) is 16.7 Å². The van der Waals surface area contributed by atoms with Gasteiger partial charge in [0.2, 0.25) is 5.91 Å². The second-order valence-corrected chi connectivity index (χ2v) is 6.21. The number of carboxylic acid groups (broad SMARTS) is 1. The Morgan fingerprint density at radius 2 is 1.86 bits per heavy atom. The van der Waals surface area contributed by atoms with Gasteiger partial charge in [-0.15, -0.1) is 0 Å². The number of amides is 2. The molecule has 2 rings (SSSR count). The molecular formula is C16H20N2O4. The van der Waals surface area contributed by atoms with Gasteiger partial charge in [-0.25, -0.2) is 0 Å². The number of nitrogens with one attached hydrogen (secondary N) is 2. The molecule has 1 aromatic rings. The predicted octanol–water partition coefficient (Wildman–Crippen LogP) is 2.02. The van der Waals surface area contributed by atoms with Crippen molar-refractivity contribution in [2.75, 3.05) is 5.32 Å². The minimum absolute atomic E-state index is 0.166. The Kier molecular flexibility index (Phi) is 4.49. The standard InChI is InChI=1S/C16H20N2O4/c1-16(2,15(21)22)9-13(19)18-12-6-4-3-5-11(12)14(20)17-10-7-8-10/h3-6,10H,7-9H2,1-2H3,(H,17,20)(H,18,19)(H,21,22). The number of carbonyl (C=O) groups excluding carboxylic acids is 2. The van der Waals surface area contributed by atoms with Gasteiger partial charge in [-0.2, -0.15) is 0 Å². The quantitative estimate of drug-likeness (QED) is 0.749. The van der Waals surface area contributed by atoms with Crippen LogP contribution in [-0.2, 0) is 9.59 Å². The lowest BCUT2D eigenvalue weighted by Gasteiger charge is -2.19. The highest BCUT2D eigenvalue weighted by atomic mass is 16.4. The third-order valence-corrected chi connectivity index (χ3v) is 3.54. The normalized spacial score (nSPS) is 14.3.